The second-order valence-electron chi connectivity index (χ2n) is 14.4. The summed E-state index contributed by atoms with van der Waals surface area (Å²) in [4.78, 5) is 2.39. The lowest BCUT2D eigenvalue weighted by Crippen LogP contribution is -2.11. The SMILES string of the molecule is C1=Cc2oc3ccc(N(c4ccc(-c5cccc(-c6ccccc6)c5)cc4)c4ccccc4-c4ccc5oc6cc7ccccc7cc6c5c4)cc3c2CC1. The van der Waals surface area contributed by atoms with Gasteiger partial charge in [-0.2, -0.15) is 0 Å². The van der Waals surface area contributed by atoms with Crippen LogP contribution in [0.4, 0.5) is 17.1 Å². The molecule has 0 saturated heterocycles. The molecule has 0 fully saturated rings. The van der Waals surface area contributed by atoms with E-state index in [0.717, 1.165) is 74.3 Å². The maximum absolute atomic E-state index is 6.40. The molecule has 0 unspecified atom stereocenters. The maximum Gasteiger partial charge on any atom is 0.136 e. The molecule has 2 aromatic heterocycles. The summed E-state index contributed by atoms with van der Waals surface area (Å²) in [5.41, 5.74) is 14.3. The van der Waals surface area contributed by atoms with Gasteiger partial charge in [0.15, 0.2) is 0 Å². The molecule has 55 heavy (non-hydrogen) atoms. The van der Waals surface area contributed by atoms with Crippen molar-refractivity contribution in [3.63, 3.8) is 0 Å². The smallest absolute Gasteiger partial charge is 0.136 e. The molecular formula is C52H35NO2. The highest BCUT2D eigenvalue weighted by Gasteiger charge is 2.21. The van der Waals surface area contributed by atoms with Gasteiger partial charge in [0.25, 0.3) is 0 Å². The van der Waals surface area contributed by atoms with Crippen LogP contribution in [0.25, 0.3) is 83.1 Å². The molecular weight excluding hydrogens is 671 g/mol. The summed E-state index contributed by atoms with van der Waals surface area (Å²) in [6, 6.07) is 63.2. The van der Waals surface area contributed by atoms with Gasteiger partial charge in [0.2, 0.25) is 0 Å². The van der Waals surface area contributed by atoms with Crippen LogP contribution in [-0.2, 0) is 6.42 Å². The largest absolute Gasteiger partial charge is 0.456 e. The van der Waals surface area contributed by atoms with E-state index in [2.05, 4.69) is 193 Å². The Bertz CT molecular complexity index is 3090. The van der Waals surface area contributed by atoms with Gasteiger partial charge in [-0.25, -0.2) is 0 Å². The van der Waals surface area contributed by atoms with Crippen LogP contribution in [0, 0.1) is 0 Å². The summed E-state index contributed by atoms with van der Waals surface area (Å²) in [6.07, 6.45) is 6.32. The number of hydrogen-bond acceptors (Lipinski definition) is 3. The van der Waals surface area contributed by atoms with Gasteiger partial charge in [-0.1, -0.05) is 115 Å². The molecule has 1 aliphatic carbocycles. The van der Waals surface area contributed by atoms with Crippen LogP contribution in [0.2, 0.25) is 0 Å². The Morgan fingerprint density at radius 2 is 1.07 bits per heavy atom. The van der Waals surface area contributed by atoms with Gasteiger partial charge >= 0.3 is 0 Å². The molecule has 2 heterocycles. The molecule has 10 aromatic rings. The molecule has 8 aromatic carbocycles. The highest BCUT2D eigenvalue weighted by molar-refractivity contribution is 6.11. The third kappa shape index (κ3) is 5.43. The number of fused-ring (bicyclic) bond motifs is 7. The topological polar surface area (TPSA) is 29.5 Å². The van der Waals surface area contributed by atoms with Gasteiger partial charge in [0.05, 0.1) is 5.69 Å². The van der Waals surface area contributed by atoms with E-state index in [-0.39, 0.29) is 0 Å². The Kier molecular flexibility index (Phi) is 7.31. The zero-order valence-corrected chi connectivity index (χ0v) is 30.1. The second-order valence-corrected chi connectivity index (χ2v) is 14.4. The number of allylic oxidation sites excluding steroid dienone is 1. The second kappa shape index (κ2) is 12.8. The van der Waals surface area contributed by atoms with Gasteiger partial charge in [-0.05, 0) is 124 Å². The van der Waals surface area contributed by atoms with Crippen LogP contribution in [0.3, 0.4) is 0 Å². The van der Waals surface area contributed by atoms with Crippen LogP contribution < -0.4 is 4.90 Å². The summed E-state index contributed by atoms with van der Waals surface area (Å²) in [6.45, 7) is 0. The Balaban J connectivity index is 1.06. The van der Waals surface area contributed by atoms with E-state index >= 15 is 0 Å². The third-order valence-electron chi connectivity index (χ3n) is 11.1. The number of benzene rings is 8. The lowest BCUT2D eigenvalue weighted by Gasteiger charge is -2.28. The van der Waals surface area contributed by atoms with E-state index in [4.69, 9.17) is 8.83 Å². The number of hydrogen-bond donors (Lipinski definition) is 0. The minimum atomic E-state index is 0.888. The van der Waals surface area contributed by atoms with Gasteiger partial charge in [-0.15, -0.1) is 0 Å². The monoisotopic (exact) mass is 705 g/mol. The molecule has 0 amide bonds. The van der Waals surface area contributed by atoms with Crippen LogP contribution in [0.5, 0.6) is 0 Å². The zero-order valence-electron chi connectivity index (χ0n) is 30.1. The van der Waals surface area contributed by atoms with Crippen molar-refractivity contribution in [2.24, 2.45) is 0 Å². The number of aryl methyl sites for hydroxylation is 1. The van der Waals surface area contributed by atoms with Crippen molar-refractivity contribution in [3.05, 3.63) is 193 Å². The Morgan fingerprint density at radius 1 is 0.418 bits per heavy atom. The maximum atomic E-state index is 6.40. The fraction of sp³-hybridized carbons (Fsp3) is 0.0385. The third-order valence-corrected chi connectivity index (χ3v) is 11.1. The highest BCUT2D eigenvalue weighted by Crippen LogP contribution is 2.45. The lowest BCUT2D eigenvalue weighted by atomic mass is 9.97. The van der Waals surface area contributed by atoms with Crippen molar-refractivity contribution in [3.8, 4) is 33.4 Å². The first-order chi connectivity index (χ1) is 27.2. The summed E-state index contributed by atoms with van der Waals surface area (Å²) in [7, 11) is 0. The van der Waals surface area contributed by atoms with Crippen LogP contribution >= 0.6 is 0 Å². The molecule has 0 aliphatic heterocycles. The van der Waals surface area contributed by atoms with Crippen molar-refractivity contribution in [2.75, 3.05) is 4.90 Å². The predicted octanol–water partition coefficient (Wildman–Crippen LogP) is 14.9. The standard InChI is InChI=1S/C52H35NO2/c1-2-11-34(12-3-1)36-15-10-16-37(29-36)35-21-24-41(25-22-35)53(42-26-28-51-47(33-42)44-18-7-9-20-49(44)54-51)48-19-8-6-17-43(48)40-23-27-50-45(31-40)46-30-38-13-4-5-14-39(38)32-52(46)55-50/h1-6,8-17,19-33H,7,18H2. The van der Waals surface area contributed by atoms with Crippen LogP contribution in [-0.4, -0.2) is 0 Å². The first kappa shape index (κ1) is 31.4. The van der Waals surface area contributed by atoms with E-state index in [0.29, 0.717) is 0 Å². The molecule has 260 valence electrons. The van der Waals surface area contributed by atoms with Crippen molar-refractivity contribution in [1.29, 1.82) is 0 Å². The van der Waals surface area contributed by atoms with Gasteiger partial charge in [0.1, 0.15) is 22.5 Å². The molecule has 0 radical (unpaired) electrons. The van der Waals surface area contributed by atoms with Crippen LogP contribution in [0.15, 0.2) is 191 Å². The Morgan fingerprint density at radius 3 is 1.93 bits per heavy atom. The molecule has 1 aliphatic rings. The molecule has 0 spiro atoms. The molecule has 3 nitrogen and oxygen atoms in total. The number of anilines is 3. The number of rotatable bonds is 6. The summed E-state index contributed by atoms with van der Waals surface area (Å²) in [5, 5.41) is 5.80. The van der Waals surface area contributed by atoms with Crippen molar-refractivity contribution < 1.29 is 8.83 Å². The Labute approximate surface area is 319 Å². The lowest BCUT2D eigenvalue weighted by molar-refractivity contribution is 0.595. The average molecular weight is 706 g/mol. The number of para-hydroxylation sites is 1. The molecule has 3 heteroatoms. The van der Waals surface area contributed by atoms with Gasteiger partial charge < -0.3 is 13.7 Å². The fourth-order valence-electron chi connectivity index (χ4n) is 8.39. The predicted molar refractivity (Wildman–Crippen MR) is 229 cm³/mol. The van der Waals surface area contributed by atoms with E-state index < -0.39 is 0 Å². The van der Waals surface area contributed by atoms with Crippen molar-refractivity contribution >= 4 is 66.8 Å². The van der Waals surface area contributed by atoms with Crippen molar-refractivity contribution in [1.82, 2.24) is 0 Å². The summed E-state index contributed by atoms with van der Waals surface area (Å²) >= 11 is 0. The molecule has 0 saturated carbocycles. The van der Waals surface area contributed by atoms with E-state index in [9.17, 15) is 0 Å². The number of furan rings is 2. The first-order valence-electron chi connectivity index (χ1n) is 19.0. The molecule has 11 rings (SSSR count). The molecule has 0 bridgehead atoms. The fourth-order valence-corrected chi connectivity index (χ4v) is 8.39. The molecule has 0 N–H and O–H groups in total. The van der Waals surface area contributed by atoms with Gasteiger partial charge in [0, 0.05) is 38.7 Å². The summed E-state index contributed by atoms with van der Waals surface area (Å²) in [5.74, 6) is 0.973. The normalized spacial score (nSPS) is 12.5. The average Bonchev–Trinajstić information content (AvgIpc) is 3.81. The van der Waals surface area contributed by atoms with E-state index in [1.165, 1.54) is 44.0 Å². The first-order valence-corrected chi connectivity index (χ1v) is 19.0. The Hall–Kier alpha value is -7.10. The minimum absolute atomic E-state index is 0.888. The van der Waals surface area contributed by atoms with Gasteiger partial charge in [-0.3, -0.25) is 0 Å². The van der Waals surface area contributed by atoms with E-state index in [1.807, 2.05) is 0 Å². The molecule has 0 atom stereocenters. The van der Waals surface area contributed by atoms with E-state index in [1.54, 1.807) is 0 Å². The quantitative estimate of drug-likeness (QED) is 0.172. The zero-order chi connectivity index (χ0) is 36.3. The minimum Gasteiger partial charge on any atom is -0.456 e. The summed E-state index contributed by atoms with van der Waals surface area (Å²) < 4.78 is 12.7. The number of nitrogens with zero attached hydrogens (tertiary/aromatic N) is 1. The highest BCUT2D eigenvalue weighted by atomic mass is 16.3. The van der Waals surface area contributed by atoms with Crippen LogP contribution in [0.1, 0.15) is 17.7 Å². The van der Waals surface area contributed by atoms with Crippen molar-refractivity contribution in [2.45, 2.75) is 12.8 Å².